The molecule has 14 heavy (non-hydrogen) atoms. The minimum Gasteiger partial charge on any atom is -0.480 e. The highest BCUT2D eigenvalue weighted by Gasteiger charge is 2.19. The predicted octanol–water partition coefficient (Wildman–Crippen LogP) is -0.769. The summed E-state index contributed by atoms with van der Waals surface area (Å²) >= 11 is 0. The number of carboxylic acids is 1. The van der Waals surface area contributed by atoms with Gasteiger partial charge in [-0.3, -0.25) is 9.59 Å². The van der Waals surface area contributed by atoms with Crippen LogP contribution in [0.5, 0.6) is 0 Å². The molecule has 0 unspecified atom stereocenters. The average molecular weight is 202 g/mol. The fourth-order valence-electron chi connectivity index (χ4n) is 0.950. The number of rotatable bonds is 6. The van der Waals surface area contributed by atoms with Gasteiger partial charge >= 0.3 is 5.97 Å². The van der Waals surface area contributed by atoms with Crippen LogP contribution in [0.1, 0.15) is 26.2 Å². The van der Waals surface area contributed by atoms with Crippen LogP contribution in [0.4, 0.5) is 0 Å². The first-order chi connectivity index (χ1) is 6.47. The van der Waals surface area contributed by atoms with Gasteiger partial charge < -0.3 is 16.2 Å². The van der Waals surface area contributed by atoms with Gasteiger partial charge in [-0.05, 0) is 6.42 Å². The van der Waals surface area contributed by atoms with Crippen molar-refractivity contribution in [1.82, 2.24) is 5.32 Å². The highest BCUT2D eigenvalue weighted by molar-refractivity contribution is 5.97. The normalized spacial score (nSPS) is 11.8. The van der Waals surface area contributed by atoms with E-state index < -0.39 is 30.2 Å². The molecule has 1 atom stereocenters. The largest absolute Gasteiger partial charge is 0.480 e. The summed E-state index contributed by atoms with van der Waals surface area (Å²) in [6.45, 7) is 1.80. The number of carbonyl (C=O) groups excluding carboxylic acids is 2. The van der Waals surface area contributed by atoms with E-state index in [0.717, 1.165) is 0 Å². The fraction of sp³-hybridized carbons (Fsp3) is 0.625. The van der Waals surface area contributed by atoms with Crippen LogP contribution < -0.4 is 11.1 Å². The Labute approximate surface area is 81.5 Å². The van der Waals surface area contributed by atoms with E-state index in [0.29, 0.717) is 12.8 Å². The second-order valence-corrected chi connectivity index (χ2v) is 2.89. The molecule has 0 radical (unpaired) electrons. The monoisotopic (exact) mass is 202 g/mol. The highest BCUT2D eigenvalue weighted by atomic mass is 16.4. The van der Waals surface area contributed by atoms with Crippen LogP contribution in [0.25, 0.3) is 0 Å². The molecule has 0 spiro atoms. The van der Waals surface area contributed by atoms with Crippen molar-refractivity contribution >= 4 is 17.8 Å². The second-order valence-electron chi connectivity index (χ2n) is 2.89. The van der Waals surface area contributed by atoms with Crippen LogP contribution in [-0.4, -0.2) is 28.9 Å². The van der Waals surface area contributed by atoms with Crippen LogP contribution in [0.3, 0.4) is 0 Å². The molecule has 0 fully saturated rings. The fourth-order valence-corrected chi connectivity index (χ4v) is 0.950. The van der Waals surface area contributed by atoms with Crippen LogP contribution in [0.2, 0.25) is 0 Å². The lowest BCUT2D eigenvalue weighted by Gasteiger charge is -2.12. The van der Waals surface area contributed by atoms with Crippen molar-refractivity contribution in [2.45, 2.75) is 32.2 Å². The number of nitrogens with one attached hydrogen (secondary N) is 1. The Morgan fingerprint density at radius 2 is 2.00 bits per heavy atom. The molecular formula is C8H14N2O4. The van der Waals surface area contributed by atoms with Gasteiger partial charge in [0.05, 0.1) is 0 Å². The minimum absolute atomic E-state index is 0.333. The molecule has 0 aromatic carbocycles. The molecule has 0 saturated carbocycles. The summed E-state index contributed by atoms with van der Waals surface area (Å²) < 4.78 is 0. The Morgan fingerprint density at radius 3 is 2.36 bits per heavy atom. The van der Waals surface area contributed by atoms with Crippen molar-refractivity contribution in [3.63, 3.8) is 0 Å². The summed E-state index contributed by atoms with van der Waals surface area (Å²) in [5.41, 5.74) is 4.77. The lowest BCUT2D eigenvalue weighted by Crippen LogP contribution is -2.41. The third-order valence-corrected chi connectivity index (χ3v) is 1.55. The van der Waals surface area contributed by atoms with Gasteiger partial charge in [0.15, 0.2) is 0 Å². The Morgan fingerprint density at radius 1 is 1.43 bits per heavy atom. The molecule has 0 aliphatic rings. The summed E-state index contributed by atoms with van der Waals surface area (Å²) in [5.74, 6) is -2.54. The van der Waals surface area contributed by atoms with Crippen molar-refractivity contribution in [3.8, 4) is 0 Å². The molecule has 0 aliphatic carbocycles. The SMILES string of the molecule is CCC[C@H](NC(=O)CC(N)=O)C(=O)O. The van der Waals surface area contributed by atoms with E-state index in [-0.39, 0.29) is 0 Å². The van der Waals surface area contributed by atoms with Crippen molar-refractivity contribution in [2.75, 3.05) is 0 Å². The molecule has 80 valence electrons. The number of amides is 2. The molecule has 0 bridgehead atoms. The zero-order chi connectivity index (χ0) is 11.1. The minimum atomic E-state index is -1.11. The number of hydrogen-bond acceptors (Lipinski definition) is 3. The average Bonchev–Trinajstić information content (AvgIpc) is 2.01. The first kappa shape index (κ1) is 12.4. The molecular weight excluding hydrogens is 188 g/mol. The summed E-state index contributed by atoms with van der Waals surface area (Å²) in [6, 6.07) is -0.938. The summed E-state index contributed by atoms with van der Waals surface area (Å²) in [7, 11) is 0. The molecule has 0 aromatic rings. The van der Waals surface area contributed by atoms with Crippen LogP contribution in [-0.2, 0) is 14.4 Å². The number of carbonyl (C=O) groups is 3. The molecule has 0 aliphatic heterocycles. The maximum atomic E-state index is 11.0. The predicted molar refractivity (Wildman–Crippen MR) is 48.3 cm³/mol. The maximum Gasteiger partial charge on any atom is 0.326 e. The Bertz CT molecular complexity index is 239. The van der Waals surface area contributed by atoms with Crippen molar-refractivity contribution in [2.24, 2.45) is 5.73 Å². The molecule has 0 aromatic heterocycles. The van der Waals surface area contributed by atoms with Crippen LogP contribution in [0, 0.1) is 0 Å². The van der Waals surface area contributed by atoms with E-state index in [9.17, 15) is 14.4 Å². The lowest BCUT2D eigenvalue weighted by molar-refractivity contribution is -0.142. The van der Waals surface area contributed by atoms with E-state index in [1.54, 1.807) is 6.92 Å². The molecule has 0 heterocycles. The topological polar surface area (TPSA) is 109 Å². The van der Waals surface area contributed by atoms with Gasteiger partial charge in [0, 0.05) is 0 Å². The maximum absolute atomic E-state index is 11.0. The van der Waals surface area contributed by atoms with Gasteiger partial charge in [-0.1, -0.05) is 13.3 Å². The second kappa shape index (κ2) is 5.95. The number of nitrogens with two attached hydrogens (primary N) is 1. The van der Waals surface area contributed by atoms with Gasteiger partial charge in [-0.15, -0.1) is 0 Å². The van der Waals surface area contributed by atoms with Gasteiger partial charge in [-0.2, -0.15) is 0 Å². The van der Waals surface area contributed by atoms with Gasteiger partial charge in [0.25, 0.3) is 0 Å². The van der Waals surface area contributed by atoms with E-state index in [2.05, 4.69) is 5.32 Å². The Hall–Kier alpha value is -1.59. The summed E-state index contributed by atoms with van der Waals surface area (Å²) in [5, 5.41) is 10.9. The number of aliphatic carboxylic acids is 1. The molecule has 6 nitrogen and oxygen atoms in total. The molecule has 2 amide bonds. The molecule has 0 saturated heterocycles. The first-order valence-electron chi connectivity index (χ1n) is 4.27. The first-order valence-corrected chi connectivity index (χ1v) is 4.27. The number of primary amides is 1. The lowest BCUT2D eigenvalue weighted by atomic mass is 10.1. The van der Waals surface area contributed by atoms with E-state index in [1.165, 1.54) is 0 Å². The third-order valence-electron chi connectivity index (χ3n) is 1.55. The smallest absolute Gasteiger partial charge is 0.326 e. The summed E-state index contributed by atoms with van der Waals surface area (Å²) in [6.07, 6.45) is 0.487. The van der Waals surface area contributed by atoms with E-state index >= 15 is 0 Å². The molecule has 4 N–H and O–H groups in total. The Balaban J connectivity index is 4.09. The van der Waals surface area contributed by atoms with E-state index in [4.69, 9.17) is 10.8 Å². The summed E-state index contributed by atoms with van der Waals surface area (Å²) in [4.78, 5) is 31.9. The third kappa shape index (κ3) is 5.13. The van der Waals surface area contributed by atoms with Crippen LogP contribution >= 0.6 is 0 Å². The number of carboxylic acid groups (broad SMARTS) is 1. The number of hydrogen-bond donors (Lipinski definition) is 3. The van der Waals surface area contributed by atoms with Crippen molar-refractivity contribution in [3.05, 3.63) is 0 Å². The van der Waals surface area contributed by atoms with Crippen molar-refractivity contribution in [1.29, 1.82) is 0 Å². The standard InChI is InChI=1S/C8H14N2O4/c1-2-3-5(8(13)14)10-7(12)4-6(9)11/h5H,2-4H2,1H3,(H2,9,11)(H,10,12)(H,13,14)/t5-/m0/s1. The van der Waals surface area contributed by atoms with Crippen molar-refractivity contribution < 1.29 is 19.5 Å². The van der Waals surface area contributed by atoms with Gasteiger partial charge in [-0.25, -0.2) is 4.79 Å². The van der Waals surface area contributed by atoms with Crippen LogP contribution in [0.15, 0.2) is 0 Å². The zero-order valence-corrected chi connectivity index (χ0v) is 7.95. The van der Waals surface area contributed by atoms with Gasteiger partial charge in [0.2, 0.25) is 11.8 Å². The Kier molecular flexibility index (Phi) is 5.28. The zero-order valence-electron chi connectivity index (χ0n) is 7.95. The van der Waals surface area contributed by atoms with Gasteiger partial charge in [0.1, 0.15) is 12.5 Å². The quantitative estimate of drug-likeness (QED) is 0.491. The van der Waals surface area contributed by atoms with E-state index in [1.807, 2.05) is 0 Å². The molecule has 6 heteroatoms. The highest BCUT2D eigenvalue weighted by Crippen LogP contribution is 1.97. The molecule has 0 rings (SSSR count).